The third-order valence-electron chi connectivity index (χ3n) is 5.29. The minimum absolute atomic E-state index is 0.119. The number of benzene rings is 1. The van der Waals surface area contributed by atoms with Gasteiger partial charge >= 0.3 is 5.97 Å². The van der Waals surface area contributed by atoms with Gasteiger partial charge in [0.25, 0.3) is 11.5 Å². The highest BCUT2D eigenvalue weighted by atomic mass is 32.1. The van der Waals surface area contributed by atoms with Gasteiger partial charge in [0, 0.05) is 24.2 Å². The highest BCUT2D eigenvalue weighted by Crippen LogP contribution is 2.29. The van der Waals surface area contributed by atoms with Gasteiger partial charge in [0.15, 0.2) is 11.9 Å². The zero-order valence-electron chi connectivity index (χ0n) is 17.4. The van der Waals surface area contributed by atoms with Crippen LogP contribution in [-0.4, -0.2) is 33.3 Å². The Hall–Kier alpha value is -3.33. The molecule has 1 aromatic carbocycles. The number of fused-ring (bicyclic) bond motifs is 2. The second-order valence-electron chi connectivity index (χ2n) is 7.50. The molecular weight excluding hydrogens is 418 g/mol. The number of amides is 1. The summed E-state index contributed by atoms with van der Waals surface area (Å²) >= 11 is 1.11. The number of carbonyl (C=O) groups excluding carboxylic acids is 3. The molecule has 2 aromatic heterocycles. The second-order valence-corrected chi connectivity index (χ2v) is 8.50. The molecule has 4 rings (SSSR count). The number of carbonyl (C=O) groups is 3. The normalized spacial score (nSPS) is 13.6. The van der Waals surface area contributed by atoms with Gasteiger partial charge in [-0.3, -0.25) is 19.0 Å². The Kier molecular flexibility index (Phi) is 5.45. The number of hydrogen-bond acceptors (Lipinski definition) is 7. The molecule has 0 saturated heterocycles. The third-order valence-corrected chi connectivity index (χ3v) is 6.45. The van der Waals surface area contributed by atoms with E-state index in [9.17, 15) is 19.2 Å². The smallest absolute Gasteiger partial charge is 0.349 e. The van der Waals surface area contributed by atoms with E-state index in [1.165, 1.54) is 13.8 Å². The van der Waals surface area contributed by atoms with Crippen LogP contribution in [0.15, 0.2) is 29.1 Å². The highest BCUT2D eigenvalue weighted by Gasteiger charge is 2.26. The summed E-state index contributed by atoms with van der Waals surface area (Å²) in [5.74, 6) is -0.583. The van der Waals surface area contributed by atoms with Gasteiger partial charge in [-0.1, -0.05) is 12.1 Å². The van der Waals surface area contributed by atoms with Gasteiger partial charge in [0.05, 0.1) is 5.39 Å². The average molecular weight is 439 g/mol. The minimum Gasteiger partial charge on any atom is -0.448 e. The molecule has 8 nitrogen and oxygen atoms in total. The first-order valence-electron chi connectivity index (χ1n) is 9.92. The van der Waals surface area contributed by atoms with Crippen LogP contribution >= 0.6 is 11.3 Å². The average Bonchev–Trinajstić information content (AvgIpc) is 3.33. The fourth-order valence-electron chi connectivity index (χ4n) is 3.60. The van der Waals surface area contributed by atoms with Crippen molar-refractivity contribution in [1.29, 1.82) is 0 Å². The lowest BCUT2D eigenvalue weighted by molar-refractivity contribution is -0.123. The predicted octanol–water partition coefficient (Wildman–Crippen LogP) is 3.10. The lowest BCUT2D eigenvalue weighted by Gasteiger charge is -2.13. The van der Waals surface area contributed by atoms with Crippen molar-refractivity contribution in [3.8, 4) is 0 Å². The first-order chi connectivity index (χ1) is 14.8. The van der Waals surface area contributed by atoms with Gasteiger partial charge in [-0.25, -0.2) is 9.78 Å². The van der Waals surface area contributed by atoms with Crippen molar-refractivity contribution >= 4 is 44.9 Å². The van der Waals surface area contributed by atoms with Gasteiger partial charge in [0.2, 0.25) is 0 Å². The van der Waals surface area contributed by atoms with E-state index in [1.54, 1.807) is 35.8 Å². The molecule has 3 heterocycles. The zero-order chi connectivity index (χ0) is 22.3. The van der Waals surface area contributed by atoms with Crippen molar-refractivity contribution in [3.05, 3.63) is 56.4 Å². The summed E-state index contributed by atoms with van der Waals surface area (Å²) in [7, 11) is 0. The topological polar surface area (TPSA) is 107 Å². The number of nitrogens with zero attached hydrogens (tertiary/aromatic N) is 2. The van der Waals surface area contributed by atoms with Crippen LogP contribution in [0.4, 0.5) is 5.69 Å². The molecule has 31 heavy (non-hydrogen) atoms. The SMILES string of the molecule is CC(=O)c1cccc(NC(=O)[C@@H](C)OC(=O)c2sc3nc4n(c(=O)c3c2C)CCC4)c1. The van der Waals surface area contributed by atoms with E-state index in [-0.39, 0.29) is 16.2 Å². The first kappa shape index (κ1) is 20.9. The Morgan fingerprint density at radius 2 is 2.06 bits per heavy atom. The molecule has 0 saturated carbocycles. The van der Waals surface area contributed by atoms with E-state index in [4.69, 9.17) is 4.74 Å². The molecule has 1 aliphatic heterocycles. The molecule has 0 bridgehead atoms. The van der Waals surface area contributed by atoms with Crippen LogP contribution in [0.3, 0.4) is 0 Å². The van der Waals surface area contributed by atoms with Crippen molar-refractivity contribution in [3.63, 3.8) is 0 Å². The van der Waals surface area contributed by atoms with Crippen LogP contribution in [0.5, 0.6) is 0 Å². The summed E-state index contributed by atoms with van der Waals surface area (Å²) in [5.41, 5.74) is 1.28. The Balaban J connectivity index is 1.52. The molecule has 3 aromatic rings. The fraction of sp³-hybridized carbons (Fsp3) is 0.318. The van der Waals surface area contributed by atoms with Crippen LogP contribution < -0.4 is 10.9 Å². The van der Waals surface area contributed by atoms with E-state index in [0.717, 1.165) is 30.0 Å². The predicted molar refractivity (Wildman–Crippen MR) is 117 cm³/mol. The Morgan fingerprint density at radius 3 is 2.81 bits per heavy atom. The van der Waals surface area contributed by atoms with Gasteiger partial charge in [-0.2, -0.15) is 0 Å². The molecule has 9 heteroatoms. The van der Waals surface area contributed by atoms with Crippen LogP contribution in [-0.2, 0) is 22.5 Å². The van der Waals surface area contributed by atoms with Crippen LogP contribution in [0.25, 0.3) is 10.2 Å². The maximum Gasteiger partial charge on any atom is 0.349 e. The van der Waals surface area contributed by atoms with E-state index >= 15 is 0 Å². The van der Waals surface area contributed by atoms with E-state index < -0.39 is 18.0 Å². The summed E-state index contributed by atoms with van der Waals surface area (Å²) < 4.78 is 7.01. The molecule has 1 amide bonds. The van der Waals surface area contributed by atoms with Crippen molar-refractivity contribution in [2.75, 3.05) is 5.32 Å². The number of aryl methyl sites for hydroxylation is 2. The summed E-state index contributed by atoms with van der Waals surface area (Å²) in [4.78, 5) is 54.8. The van der Waals surface area contributed by atoms with Crippen molar-refractivity contribution in [1.82, 2.24) is 9.55 Å². The zero-order valence-corrected chi connectivity index (χ0v) is 18.2. The Bertz CT molecular complexity index is 1290. The molecule has 1 N–H and O–H groups in total. The quantitative estimate of drug-likeness (QED) is 0.484. The largest absolute Gasteiger partial charge is 0.448 e. The lowest BCUT2D eigenvalue weighted by atomic mass is 10.1. The summed E-state index contributed by atoms with van der Waals surface area (Å²) in [6.07, 6.45) is 0.552. The number of aromatic nitrogens is 2. The molecule has 0 spiro atoms. The second kappa shape index (κ2) is 8.07. The number of thiophene rings is 1. The number of nitrogens with one attached hydrogen (secondary N) is 1. The van der Waals surface area contributed by atoms with Crippen LogP contribution in [0, 0.1) is 6.92 Å². The molecule has 160 valence electrons. The fourth-order valence-corrected chi connectivity index (χ4v) is 4.67. The van der Waals surface area contributed by atoms with E-state index in [0.29, 0.717) is 33.6 Å². The summed E-state index contributed by atoms with van der Waals surface area (Å²) in [5, 5.41) is 3.07. The first-order valence-corrected chi connectivity index (χ1v) is 10.7. The maximum atomic E-state index is 12.8. The summed E-state index contributed by atoms with van der Waals surface area (Å²) in [6.45, 7) is 5.23. The number of hydrogen-bond donors (Lipinski definition) is 1. The highest BCUT2D eigenvalue weighted by molar-refractivity contribution is 7.20. The molecule has 0 radical (unpaired) electrons. The monoisotopic (exact) mass is 439 g/mol. The number of anilines is 1. The van der Waals surface area contributed by atoms with Crippen LogP contribution in [0.1, 0.15) is 51.7 Å². The van der Waals surface area contributed by atoms with Gasteiger partial charge in [-0.15, -0.1) is 11.3 Å². The summed E-state index contributed by atoms with van der Waals surface area (Å²) in [6, 6.07) is 6.52. The molecule has 0 aliphatic carbocycles. The Morgan fingerprint density at radius 1 is 1.29 bits per heavy atom. The van der Waals surface area contributed by atoms with Gasteiger partial charge in [-0.05, 0) is 44.9 Å². The third kappa shape index (κ3) is 3.88. The number of rotatable bonds is 5. The lowest BCUT2D eigenvalue weighted by Crippen LogP contribution is -2.30. The Labute approximate surface area is 181 Å². The van der Waals surface area contributed by atoms with E-state index in [2.05, 4.69) is 10.3 Å². The standard InChI is InChI=1S/C22H21N3O5S/c1-11-17-20(24-16-8-5-9-25(16)21(17)28)31-18(11)22(29)30-13(3)19(27)23-15-7-4-6-14(10-15)12(2)26/h4,6-7,10,13H,5,8-9H2,1-3H3,(H,23,27)/t13-/m1/s1. The molecule has 0 unspecified atom stereocenters. The van der Waals surface area contributed by atoms with Crippen molar-refractivity contribution in [2.45, 2.75) is 46.3 Å². The molecular formula is C22H21N3O5S. The van der Waals surface area contributed by atoms with Gasteiger partial charge < -0.3 is 10.1 Å². The number of ketones is 1. The molecule has 1 atom stereocenters. The maximum absolute atomic E-state index is 12.8. The molecule has 0 fully saturated rings. The number of Topliss-reactive ketones (excluding diaryl/α,β-unsaturated/α-hetero) is 1. The van der Waals surface area contributed by atoms with Gasteiger partial charge in [0.1, 0.15) is 15.5 Å². The van der Waals surface area contributed by atoms with Crippen LogP contribution in [0.2, 0.25) is 0 Å². The molecule has 1 aliphatic rings. The van der Waals surface area contributed by atoms with E-state index in [1.807, 2.05) is 0 Å². The number of esters is 1. The minimum atomic E-state index is -1.07. The van der Waals surface area contributed by atoms with Crippen molar-refractivity contribution < 1.29 is 19.1 Å². The number of ether oxygens (including phenoxy) is 1. The van der Waals surface area contributed by atoms with Crippen molar-refractivity contribution in [2.24, 2.45) is 0 Å².